The van der Waals surface area contributed by atoms with E-state index >= 15 is 0 Å². The SMILES string of the molecule is Cc1ccc(OCC(=O)NC2CCN(C(=O)C(C)(C)C)CC2)cc1C. The number of likely N-dealkylation sites (tertiary alicyclic amines) is 1. The Morgan fingerprint density at radius 2 is 1.80 bits per heavy atom. The van der Waals surface area contributed by atoms with Crippen molar-refractivity contribution in [2.45, 2.75) is 53.5 Å². The van der Waals surface area contributed by atoms with Gasteiger partial charge < -0.3 is 15.0 Å². The Balaban J connectivity index is 1.75. The van der Waals surface area contributed by atoms with Crippen LogP contribution in [0.4, 0.5) is 0 Å². The smallest absolute Gasteiger partial charge is 0.258 e. The van der Waals surface area contributed by atoms with Gasteiger partial charge >= 0.3 is 0 Å². The minimum Gasteiger partial charge on any atom is -0.484 e. The molecular formula is C20H30N2O3. The van der Waals surface area contributed by atoms with Crippen LogP contribution in [0.3, 0.4) is 0 Å². The summed E-state index contributed by atoms with van der Waals surface area (Å²) in [5.74, 6) is 0.776. The molecule has 5 heteroatoms. The number of nitrogens with zero attached hydrogens (tertiary/aromatic N) is 1. The molecule has 1 saturated heterocycles. The van der Waals surface area contributed by atoms with Crippen LogP contribution in [0.15, 0.2) is 18.2 Å². The van der Waals surface area contributed by atoms with E-state index in [-0.39, 0.29) is 29.9 Å². The maximum absolute atomic E-state index is 12.3. The third kappa shape index (κ3) is 5.48. The number of benzene rings is 1. The summed E-state index contributed by atoms with van der Waals surface area (Å²) in [6.07, 6.45) is 1.58. The van der Waals surface area contributed by atoms with Gasteiger partial charge in [0.05, 0.1) is 0 Å². The van der Waals surface area contributed by atoms with Crippen LogP contribution in [0, 0.1) is 19.3 Å². The standard InChI is InChI=1S/C20H30N2O3/c1-14-6-7-17(12-15(14)2)25-13-18(23)21-16-8-10-22(11-9-16)19(24)20(3,4)5/h6-7,12,16H,8-11,13H2,1-5H3,(H,21,23). The molecule has 0 radical (unpaired) electrons. The number of hydrogen-bond acceptors (Lipinski definition) is 3. The molecule has 0 bridgehead atoms. The molecule has 1 aromatic carbocycles. The number of ether oxygens (including phenoxy) is 1. The average molecular weight is 346 g/mol. The van der Waals surface area contributed by atoms with Gasteiger partial charge in [-0.3, -0.25) is 9.59 Å². The highest BCUT2D eigenvalue weighted by molar-refractivity contribution is 5.81. The van der Waals surface area contributed by atoms with E-state index in [1.807, 2.05) is 57.7 Å². The quantitative estimate of drug-likeness (QED) is 0.912. The van der Waals surface area contributed by atoms with Crippen molar-refractivity contribution in [3.05, 3.63) is 29.3 Å². The monoisotopic (exact) mass is 346 g/mol. The summed E-state index contributed by atoms with van der Waals surface area (Å²) < 4.78 is 5.57. The van der Waals surface area contributed by atoms with Crippen molar-refractivity contribution in [1.29, 1.82) is 0 Å². The maximum atomic E-state index is 12.3. The first-order valence-electron chi connectivity index (χ1n) is 8.95. The highest BCUT2D eigenvalue weighted by atomic mass is 16.5. The molecule has 0 unspecified atom stereocenters. The van der Waals surface area contributed by atoms with E-state index in [2.05, 4.69) is 5.32 Å². The van der Waals surface area contributed by atoms with Gasteiger partial charge in [0, 0.05) is 24.5 Å². The number of carbonyl (C=O) groups excluding carboxylic acids is 2. The van der Waals surface area contributed by atoms with Crippen molar-refractivity contribution in [1.82, 2.24) is 10.2 Å². The molecule has 1 heterocycles. The molecular weight excluding hydrogens is 316 g/mol. The summed E-state index contributed by atoms with van der Waals surface area (Å²) in [5, 5.41) is 3.01. The van der Waals surface area contributed by atoms with Crippen molar-refractivity contribution < 1.29 is 14.3 Å². The van der Waals surface area contributed by atoms with E-state index in [1.54, 1.807) is 0 Å². The van der Waals surface area contributed by atoms with Gasteiger partial charge in [-0.2, -0.15) is 0 Å². The van der Waals surface area contributed by atoms with Gasteiger partial charge in [0.2, 0.25) is 5.91 Å². The highest BCUT2D eigenvalue weighted by Gasteiger charge is 2.30. The number of aryl methyl sites for hydroxylation is 2. The van der Waals surface area contributed by atoms with Gasteiger partial charge in [0.1, 0.15) is 5.75 Å². The second kappa shape index (κ2) is 7.89. The number of piperidine rings is 1. The fourth-order valence-corrected chi connectivity index (χ4v) is 2.92. The van der Waals surface area contributed by atoms with Gasteiger partial charge in [-0.05, 0) is 49.9 Å². The Morgan fingerprint density at radius 3 is 2.36 bits per heavy atom. The summed E-state index contributed by atoms with van der Waals surface area (Å²) in [6, 6.07) is 5.93. The molecule has 0 saturated carbocycles. The minimum atomic E-state index is -0.351. The molecule has 1 aromatic rings. The van der Waals surface area contributed by atoms with Gasteiger partial charge in [-0.25, -0.2) is 0 Å². The zero-order valence-corrected chi connectivity index (χ0v) is 16.0. The lowest BCUT2D eigenvalue weighted by Crippen LogP contribution is -2.49. The number of amides is 2. The summed E-state index contributed by atoms with van der Waals surface area (Å²) in [4.78, 5) is 26.3. The maximum Gasteiger partial charge on any atom is 0.258 e. The van der Waals surface area contributed by atoms with Crippen molar-refractivity contribution in [2.75, 3.05) is 19.7 Å². The summed E-state index contributed by atoms with van der Waals surface area (Å²) in [7, 11) is 0. The summed E-state index contributed by atoms with van der Waals surface area (Å²) in [6.45, 7) is 11.3. The Bertz CT molecular complexity index is 626. The summed E-state index contributed by atoms with van der Waals surface area (Å²) in [5.41, 5.74) is 2.00. The van der Waals surface area contributed by atoms with Crippen molar-refractivity contribution >= 4 is 11.8 Å². The molecule has 1 fully saturated rings. The van der Waals surface area contributed by atoms with Crippen LogP contribution >= 0.6 is 0 Å². The van der Waals surface area contributed by atoms with Crippen molar-refractivity contribution in [3.63, 3.8) is 0 Å². The molecule has 138 valence electrons. The lowest BCUT2D eigenvalue weighted by Gasteiger charge is -2.36. The van der Waals surface area contributed by atoms with Crippen LogP contribution in [-0.4, -0.2) is 42.5 Å². The van der Waals surface area contributed by atoms with Crippen LogP contribution in [0.1, 0.15) is 44.7 Å². The van der Waals surface area contributed by atoms with Gasteiger partial charge in [0.15, 0.2) is 6.61 Å². The molecule has 0 aromatic heterocycles. The van der Waals surface area contributed by atoms with E-state index in [0.29, 0.717) is 18.8 Å². The second-order valence-electron chi connectivity index (χ2n) is 7.92. The first-order chi connectivity index (χ1) is 11.7. The van der Waals surface area contributed by atoms with Crippen LogP contribution in [0.2, 0.25) is 0 Å². The van der Waals surface area contributed by atoms with Gasteiger partial charge in [-0.15, -0.1) is 0 Å². The molecule has 0 spiro atoms. The Morgan fingerprint density at radius 1 is 1.16 bits per heavy atom. The molecule has 25 heavy (non-hydrogen) atoms. The van der Waals surface area contributed by atoms with Crippen LogP contribution in [0.5, 0.6) is 5.75 Å². The molecule has 0 atom stereocenters. The topological polar surface area (TPSA) is 58.6 Å². The normalized spacial score (nSPS) is 15.8. The van der Waals surface area contributed by atoms with Crippen molar-refractivity contribution in [2.24, 2.45) is 5.41 Å². The van der Waals surface area contributed by atoms with Crippen molar-refractivity contribution in [3.8, 4) is 5.75 Å². The van der Waals surface area contributed by atoms with Gasteiger partial charge in [-0.1, -0.05) is 26.8 Å². The van der Waals surface area contributed by atoms with E-state index in [0.717, 1.165) is 18.4 Å². The number of rotatable bonds is 4. The predicted octanol–water partition coefficient (Wildman–Crippen LogP) is 2.84. The molecule has 2 amide bonds. The van der Waals surface area contributed by atoms with E-state index < -0.39 is 0 Å². The lowest BCUT2D eigenvalue weighted by atomic mass is 9.93. The van der Waals surface area contributed by atoms with E-state index in [1.165, 1.54) is 5.56 Å². The molecule has 1 aliphatic heterocycles. The average Bonchev–Trinajstić information content (AvgIpc) is 2.55. The Labute approximate surface area is 150 Å². The fourth-order valence-electron chi connectivity index (χ4n) is 2.92. The van der Waals surface area contributed by atoms with Crippen LogP contribution < -0.4 is 10.1 Å². The minimum absolute atomic E-state index is 0.0175. The lowest BCUT2D eigenvalue weighted by molar-refractivity contribution is -0.140. The zero-order chi connectivity index (χ0) is 18.6. The predicted molar refractivity (Wildman–Crippen MR) is 98.6 cm³/mol. The first kappa shape index (κ1) is 19.3. The molecule has 5 nitrogen and oxygen atoms in total. The van der Waals surface area contributed by atoms with Crippen LogP contribution in [-0.2, 0) is 9.59 Å². The number of hydrogen-bond donors (Lipinski definition) is 1. The van der Waals surface area contributed by atoms with Gasteiger partial charge in [0.25, 0.3) is 5.91 Å². The Hall–Kier alpha value is -2.04. The largest absolute Gasteiger partial charge is 0.484 e. The van der Waals surface area contributed by atoms with E-state index in [9.17, 15) is 9.59 Å². The third-order valence-corrected chi connectivity index (χ3v) is 4.64. The molecule has 2 rings (SSSR count). The van der Waals surface area contributed by atoms with Crippen LogP contribution in [0.25, 0.3) is 0 Å². The van der Waals surface area contributed by atoms with E-state index in [4.69, 9.17) is 4.74 Å². The zero-order valence-electron chi connectivity index (χ0n) is 16.0. The molecule has 0 aliphatic carbocycles. The molecule has 1 aliphatic rings. The highest BCUT2D eigenvalue weighted by Crippen LogP contribution is 2.21. The third-order valence-electron chi connectivity index (χ3n) is 4.64. The second-order valence-corrected chi connectivity index (χ2v) is 7.92. The number of nitrogens with one attached hydrogen (secondary N) is 1. The molecule has 1 N–H and O–H groups in total. The summed E-state index contributed by atoms with van der Waals surface area (Å²) >= 11 is 0. The Kier molecular flexibility index (Phi) is 6.09. The fraction of sp³-hybridized carbons (Fsp3) is 0.600. The first-order valence-corrected chi connectivity index (χ1v) is 8.95. The number of carbonyl (C=O) groups is 2.